The van der Waals surface area contributed by atoms with E-state index in [1.807, 2.05) is 25.9 Å². The van der Waals surface area contributed by atoms with Gasteiger partial charge in [0.25, 0.3) is 0 Å². The molecule has 13 heavy (non-hydrogen) atoms. The van der Waals surface area contributed by atoms with Gasteiger partial charge in [0, 0.05) is 0 Å². The summed E-state index contributed by atoms with van der Waals surface area (Å²) >= 11 is 5.69. The smallest absolute Gasteiger partial charge is 0.248 e. The maximum absolute atomic E-state index is 11.3. The van der Waals surface area contributed by atoms with Crippen molar-refractivity contribution in [1.29, 1.82) is 0 Å². The number of hydrogen-bond donors (Lipinski definition) is 0. The van der Waals surface area contributed by atoms with Crippen LogP contribution in [0.1, 0.15) is 13.3 Å². The van der Waals surface area contributed by atoms with Crippen LogP contribution in [0.15, 0.2) is 12.7 Å². The van der Waals surface area contributed by atoms with Gasteiger partial charge in [0.15, 0.2) is 0 Å². The van der Waals surface area contributed by atoms with Gasteiger partial charge in [-0.25, -0.2) is 0 Å². The van der Waals surface area contributed by atoms with Crippen LogP contribution in [0.25, 0.3) is 0 Å². The standard InChI is InChI=1S/C9H17ClN2O/c1-5-8(11(3)4)12(7-10)9(13)6-2/h6,8H,2,5,7H2,1,3-4H3. The van der Waals surface area contributed by atoms with Gasteiger partial charge in [-0.3, -0.25) is 9.69 Å². The zero-order chi connectivity index (χ0) is 10.4. The number of carbonyl (C=O) groups excluding carboxylic acids is 1. The first-order valence-corrected chi connectivity index (χ1v) is 4.77. The van der Waals surface area contributed by atoms with E-state index in [0.717, 1.165) is 6.42 Å². The molecule has 0 aromatic rings. The first kappa shape index (κ1) is 12.5. The molecular formula is C9H17ClN2O. The highest BCUT2D eigenvalue weighted by molar-refractivity contribution is 6.18. The lowest BCUT2D eigenvalue weighted by molar-refractivity contribution is -0.130. The first-order valence-electron chi connectivity index (χ1n) is 4.23. The molecule has 0 aliphatic rings. The fraction of sp³-hybridized carbons (Fsp3) is 0.667. The Balaban J connectivity index is 4.51. The van der Waals surface area contributed by atoms with Crippen molar-refractivity contribution in [2.24, 2.45) is 0 Å². The Morgan fingerprint density at radius 3 is 2.38 bits per heavy atom. The first-order chi connectivity index (χ1) is 6.08. The molecule has 0 N–H and O–H groups in total. The minimum atomic E-state index is -0.129. The summed E-state index contributed by atoms with van der Waals surface area (Å²) in [4.78, 5) is 14.9. The number of hydrogen-bond acceptors (Lipinski definition) is 2. The second-order valence-electron chi connectivity index (χ2n) is 2.98. The maximum atomic E-state index is 11.3. The van der Waals surface area contributed by atoms with Crippen LogP contribution in [0.3, 0.4) is 0 Å². The molecular weight excluding hydrogens is 188 g/mol. The van der Waals surface area contributed by atoms with E-state index in [1.165, 1.54) is 6.08 Å². The van der Waals surface area contributed by atoms with Crippen LogP contribution in [0, 0.1) is 0 Å². The van der Waals surface area contributed by atoms with Crippen molar-refractivity contribution >= 4 is 17.5 Å². The number of amides is 1. The Morgan fingerprint density at radius 1 is 1.62 bits per heavy atom. The van der Waals surface area contributed by atoms with Gasteiger partial charge < -0.3 is 4.90 Å². The molecule has 0 spiro atoms. The highest BCUT2D eigenvalue weighted by atomic mass is 35.5. The van der Waals surface area contributed by atoms with Crippen LogP contribution >= 0.6 is 11.6 Å². The van der Waals surface area contributed by atoms with Gasteiger partial charge in [0.1, 0.15) is 0 Å². The third kappa shape index (κ3) is 3.36. The van der Waals surface area contributed by atoms with Crippen LogP contribution in [-0.4, -0.2) is 42.0 Å². The third-order valence-corrected chi connectivity index (χ3v) is 2.17. The second-order valence-corrected chi connectivity index (χ2v) is 3.22. The number of halogens is 1. The predicted molar refractivity (Wildman–Crippen MR) is 55.5 cm³/mol. The number of alkyl halides is 1. The molecule has 1 amide bonds. The lowest BCUT2D eigenvalue weighted by Gasteiger charge is -2.33. The van der Waals surface area contributed by atoms with Crippen molar-refractivity contribution in [3.8, 4) is 0 Å². The molecule has 0 fully saturated rings. The van der Waals surface area contributed by atoms with Crippen molar-refractivity contribution in [3.63, 3.8) is 0 Å². The van der Waals surface area contributed by atoms with E-state index >= 15 is 0 Å². The van der Waals surface area contributed by atoms with Gasteiger partial charge in [0.2, 0.25) is 5.91 Å². The van der Waals surface area contributed by atoms with Crippen molar-refractivity contribution < 1.29 is 4.79 Å². The lowest BCUT2D eigenvalue weighted by Crippen LogP contribution is -2.46. The normalized spacial score (nSPS) is 12.7. The number of rotatable bonds is 5. The van der Waals surface area contributed by atoms with E-state index in [0.29, 0.717) is 0 Å². The molecule has 1 unspecified atom stereocenters. The summed E-state index contributed by atoms with van der Waals surface area (Å²) in [5.74, 6) is -0.129. The van der Waals surface area contributed by atoms with Crippen molar-refractivity contribution in [2.75, 3.05) is 20.1 Å². The van der Waals surface area contributed by atoms with E-state index in [1.54, 1.807) is 4.90 Å². The molecule has 0 bridgehead atoms. The minimum Gasteiger partial charge on any atom is -0.310 e. The summed E-state index contributed by atoms with van der Waals surface area (Å²) in [6.07, 6.45) is 2.18. The summed E-state index contributed by atoms with van der Waals surface area (Å²) in [7, 11) is 3.84. The van der Waals surface area contributed by atoms with Crippen LogP contribution in [-0.2, 0) is 4.79 Å². The maximum Gasteiger partial charge on any atom is 0.248 e. The fourth-order valence-electron chi connectivity index (χ4n) is 1.27. The molecule has 0 aliphatic carbocycles. The lowest BCUT2D eigenvalue weighted by atomic mass is 10.3. The summed E-state index contributed by atoms with van der Waals surface area (Å²) < 4.78 is 0. The van der Waals surface area contributed by atoms with E-state index in [9.17, 15) is 4.79 Å². The van der Waals surface area contributed by atoms with Crippen LogP contribution in [0.2, 0.25) is 0 Å². The summed E-state index contributed by atoms with van der Waals surface area (Å²) in [6, 6.07) is 0.196. The van der Waals surface area contributed by atoms with Gasteiger partial charge in [-0.1, -0.05) is 13.5 Å². The van der Waals surface area contributed by atoms with Gasteiger partial charge in [-0.05, 0) is 26.6 Å². The minimum absolute atomic E-state index is 0.0444. The second kappa shape index (κ2) is 6.00. The summed E-state index contributed by atoms with van der Waals surface area (Å²) in [5, 5.41) is 0. The predicted octanol–water partition coefficient (Wildman–Crippen LogP) is 1.50. The van der Waals surface area contributed by atoms with Gasteiger partial charge >= 0.3 is 0 Å². The largest absolute Gasteiger partial charge is 0.310 e. The SMILES string of the molecule is C=CC(=O)N(CCl)C(CC)N(C)C. The summed E-state index contributed by atoms with van der Waals surface area (Å²) in [6.45, 7) is 5.45. The molecule has 0 aliphatic heterocycles. The fourth-order valence-corrected chi connectivity index (χ4v) is 1.54. The average molecular weight is 205 g/mol. The average Bonchev–Trinajstić information content (AvgIpc) is 2.12. The highest BCUT2D eigenvalue weighted by Gasteiger charge is 2.20. The molecule has 0 saturated carbocycles. The number of carbonyl (C=O) groups is 1. The quantitative estimate of drug-likeness (QED) is 0.293. The van der Waals surface area contributed by atoms with Crippen LogP contribution in [0.4, 0.5) is 0 Å². The Labute approximate surface area is 85.0 Å². The third-order valence-electron chi connectivity index (χ3n) is 1.91. The summed E-state index contributed by atoms with van der Waals surface area (Å²) in [5.41, 5.74) is 0. The van der Waals surface area contributed by atoms with Gasteiger partial charge in [-0.2, -0.15) is 0 Å². The Bertz CT molecular complexity index is 182. The molecule has 76 valence electrons. The van der Waals surface area contributed by atoms with Crippen LogP contribution in [0.5, 0.6) is 0 Å². The Hall–Kier alpha value is -0.540. The van der Waals surface area contributed by atoms with Crippen LogP contribution < -0.4 is 0 Å². The zero-order valence-corrected chi connectivity index (χ0v) is 9.21. The topological polar surface area (TPSA) is 23.6 Å². The van der Waals surface area contributed by atoms with Crippen molar-refractivity contribution in [2.45, 2.75) is 19.5 Å². The van der Waals surface area contributed by atoms with Gasteiger partial charge in [0.05, 0.1) is 12.2 Å². The Morgan fingerprint density at radius 2 is 2.15 bits per heavy atom. The molecule has 4 heteroatoms. The van der Waals surface area contributed by atoms with E-state index in [2.05, 4.69) is 6.58 Å². The molecule has 3 nitrogen and oxygen atoms in total. The monoisotopic (exact) mass is 204 g/mol. The zero-order valence-electron chi connectivity index (χ0n) is 8.46. The van der Waals surface area contributed by atoms with E-state index in [-0.39, 0.29) is 18.1 Å². The molecule has 0 radical (unpaired) electrons. The molecule has 1 atom stereocenters. The Kier molecular flexibility index (Phi) is 5.75. The van der Waals surface area contributed by atoms with E-state index < -0.39 is 0 Å². The molecule has 0 aromatic carbocycles. The number of nitrogens with zero attached hydrogens (tertiary/aromatic N) is 2. The van der Waals surface area contributed by atoms with Crippen molar-refractivity contribution in [3.05, 3.63) is 12.7 Å². The van der Waals surface area contributed by atoms with E-state index in [4.69, 9.17) is 11.6 Å². The molecule has 0 saturated heterocycles. The molecule has 0 aromatic heterocycles. The molecule has 0 rings (SSSR count). The highest BCUT2D eigenvalue weighted by Crippen LogP contribution is 2.08. The van der Waals surface area contributed by atoms with Gasteiger partial charge in [-0.15, -0.1) is 11.6 Å². The van der Waals surface area contributed by atoms with Crippen molar-refractivity contribution in [1.82, 2.24) is 9.80 Å². The molecule has 0 heterocycles.